The number of para-hydroxylation sites is 1. The second-order valence-corrected chi connectivity index (χ2v) is 10.9. The summed E-state index contributed by atoms with van der Waals surface area (Å²) in [6.07, 6.45) is 5.08. The molecule has 5 amide bonds. The third-order valence-electron chi connectivity index (χ3n) is 7.16. The van der Waals surface area contributed by atoms with Gasteiger partial charge in [0.05, 0.1) is 6.33 Å². The predicted molar refractivity (Wildman–Crippen MR) is 171 cm³/mol. The molecule has 0 aliphatic heterocycles. The van der Waals surface area contributed by atoms with Crippen LogP contribution in [0.3, 0.4) is 0 Å². The number of benzene rings is 2. The van der Waals surface area contributed by atoms with Gasteiger partial charge in [0.25, 0.3) is 0 Å². The number of primary amides is 1. The van der Waals surface area contributed by atoms with Gasteiger partial charge in [0.15, 0.2) is 0 Å². The molecular weight excluding hydrogens is 596 g/mol. The van der Waals surface area contributed by atoms with Crippen molar-refractivity contribution in [2.24, 2.45) is 5.73 Å². The van der Waals surface area contributed by atoms with Gasteiger partial charge in [-0.25, -0.2) is 4.98 Å². The van der Waals surface area contributed by atoms with Crippen LogP contribution in [0.15, 0.2) is 73.3 Å². The molecule has 0 radical (unpaired) electrons. The fourth-order valence-corrected chi connectivity index (χ4v) is 5.14. The highest BCUT2D eigenvalue weighted by atomic mass is 32.1. The lowest BCUT2D eigenvalue weighted by molar-refractivity contribution is -0.133. The summed E-state index contributed by atoms with van der Waals surface area (Å²) in [5, 5.41) is 11.5. The minimum Gasteiger partial charge on any atom is -0.368 e. The molecule has 2 aromatic carbocycles. The van der Waals surface area contributed by atoms with Crippen molar-refractivity contribution in [3.05, 3.63) is 90.1 Å². The Hall–Kier alpha value is -5.11. The number of amides is 5. The molecule has 236 valence electrons. The number of carbonyl (C=O) groups excluding carboxylic acids is 5. The van der Waals surface area contributed by atoms with E-state index in [-0.39, 0.29) is 25.0 Å². The number of thiol groups is 1. The molecule has 14 heteroatoms. The summed E-state index contributed by atoms with van der Waals surface area (Å²) in [6, 6.07) is 12.2. The van der Waals surface area contributed by atoms with E-state index in [9.17, 15) is 24.0 Å². The van der Waals surface area contributed by atoms with E-state index in [0.29, 0.717) is 5.69 Å². The van der Waals surface area contributed by atoms with Crippen LogP contribution in [0.5, 0.6) is 0 Å². The summed E-state index contributed by atoms with van der Waals surface area (Å²) in [6.45, 7) is 1.29. The fourth-order valence-electron chi connectivity index (χ4n) is 4.88. The van der Waals surface area contributed by atoms with E-state index < -0.39 is 53.7 Å². The lowest BCUT2D eigenvalue weighted by Gasteiger charge is -2.25. The number of H-pyrrole nitrogens is 2. The van der Waals surface area contributed by atoms with Crippen LogP contribution in [0.25, 0.3) is 10.9 Å². The van der Waals surface area contributed by atoms with Crippen LogP contribution in [0, 0.1) is 0 Å². The monoisotopic (exact) mass is 632 g/mol. The van der Waals surface area contributed by atoms with Gasteiger partial charge in [-0.05, 0) is 17.2 Å². The van der Waals surface area contributed by atoms with Crippen molar-refractivity contribution >= 4 is 53.1 Å². The van der Waals surface area contributed by atoms with Crippen LogP contribution in [0.4, 0.5) is 0 Å². The van der Waals surface area contributed by atoms with Gasteiger partial charge in [-0.15, -0.1) is 0 Å². The zero-order valence-corrected chi connectivity index (χ0v) is 25.5. The third-order valence-corrected chi connectivity index (χ3v) is 7.53. The first kappa shape index (κ1) is 32.8. The summed E-state index contributed by atoms with van der Waals surface area (Å²) in [7, 11) is 0. The second kappa shape index (κ2) is 15.6. The number of nitrogens with two attached hydrogens (primary N) is 1. The van der Waals surface area contributed by atoms with Crippen molar-refractivity contribution in [3.63, 3.8) is 0 Å². The Morgan fingerprint density at radius 3 is 2.04 bits per heavy atom. The van der Waals surface area contributed by atoms with E-state index in [1.54, 1.807) is 30.5 Å². The van der Waals surface area contributed by atoms with Crippen LogP contribution >= 0.6 is 12.6 Å². The van der Waals surface area contributed by atoms with E-state index in [4.69, 9.17) is 5.73 Å². The highest BCUT2D eigenvalue weighted by Gasteiger charge is 2.31. The molecule has 0 bridgehead atoms. The molecule has 4 aromatic rings. The zero-order valence-electron chi connectivity index (χ0n) is 24.6. The Morgan fingerprint density at radius 1 is 0.778 bits per heavy atom. The zero-order chi connectivity index (χ0) is 32.3. The highest BCUT2D eigenvalue weighted by Crippen LogP contribution is 2.19. The van der Waals surface area contributed by atoms with Crippen LogP contribution in [-0.2, 0) is 43.2 Å². The number of hydrogen-bond acceptors (Lipinski definition) is 7. The van der Waals surface area contributed by atoms with Gasteiger partial charge in [-0.1, -0.05) is 48.5 Å². The molecule has 4 rings (SSSR count). The van der Waals surface area contributed by atoms with E-state index >= 15 is 0 Å². The molecule has 0 aliphatic rings. The van der Waals surface area contributed by atoms with Crippen LogP contribution in [0.1, 0.15) is 23.7 Å². The van der Waals surface area contributed by atoms with E-state index in [1.807, 2.05) is 30.3 Å². The maximum absolute atomic E-state index is 13.6. The number of fused-ring (bicyclic) bond motifs is 1. The Kier molecular flexibility index (Phi) is 11.3. The lowest BCUT2D eigenvalue weighted by Crippen LogP contribution is -2.59. The smallest absolute Gasteiger partial charge is 0.244 e. The number of imidazole rings is 1. The molecule has 0 saturated carbocycles. The Labute approximate surface area is 264 Å². The van der Waals surface area contributed by atoms with E-state index in [1.165, 1.54) is 19.4 Å². The molecule has 0 unspecified atom stereocenters. The molecule has 2 heterocycles. The number of nitrogens with one attached hydrogen (secondary N) is 6. The van der Waals surface area contributed by atoms with Crippen molar-refractivity contribution in [3.8, 4) is 0 Å². The molecular formula is C31H36N8O5S. The van der Waals surface area contributed by atoms with Gasteiger partial charge in [0.2, 0.25) is 29.5 Å². The number of hydrogen-bond donors (Lipinski definition) is 8. The van der Waals surface area contributed by atoms with Gasteiger partial charge in [0, 0.05) is 60.9 Å². The van der Waals surface area contributed by atoms with Crippen molar-refractivity contribution in [1.82, 2.24) is 36.2 Å². The Bertz CT molecular complexity index is 1630. The summed E-state index contributed by atoms with van der Waals surface area (Å²) < 4.78 is 0. The normalized spacial score (nSPS) is 13.6. The number of aromatic amines is 2. The summed E-state index contributed by atoms with van der Waals surface area (Å²) in [5.74, 6) is -3.19. The molecule has 0 aliphatic carbocycles. The van der Waals surface area contributed by atoms with Crippen molar-refractivity contribution in [2.45, 2.75) is 50.4 Å². The minimum absolute atomic E-state index is 0.0979. The summed E-state index contributed by atoms with van der Waals surface area (Å²) in [4.78, 5) is 74.4. The van der Waals surface area contributed by atoms with E-state index in [0.717, 1.165) is 22.0 Å². The predicted octanol–water partition coefficient (Wildman–Crippen LogP) is 0.293. The van der Waals surface area contributed by atoms with Gasteiger partial charge >= 0.3 is 0 Å². The SMILES string of the molecule is CC(=O)N[C@@H](Cc1cnc[nH]1)C(=O)N[C@@H](Cc1ccccc1)C(=O)N[C@@H](CS)C(=O)N[C@@H](Cc1c[nH]c2ccccc12)C(N)=O. The van der Waals surface area contributed by atoms with Gasteiger partial charge in [-0.2, -0.15) is 12.6 Å². The third kappa shape index (κ3) is 9.19. The minimum atomic E-state index is -1.16. The molecule has 0 fully saturated rings. The first-order chi connectivity index (χ1) is 21.6. The van der Waals surface area contributed by atoms with Gasteiger partial charge in [-0.3, -0.25) is 24.0 Å². The van der Waals surface area contributed by atoms with Crippen LogP contribution in [0.2, 0.25) is 0 Å². The second-order valence-electron chi connectivity index (χ2n) is 10.6. The van der Waals surface area contributed by atoms with Crippen molar-refractivity contribution in [2.75, 3.05) is 5.75 Å². The van der Waals surface area contributed by atoms with Crippen molar-refractivity contribution < 1.29 is 24.0 Å². The summed E-state index contributed by atoms with van der Waals surface area (Å²) >= 11 is 4.26. The van der Waals surface area contributed by atoms with Crippen molar-refractivity contribution in [1.29, 1.82) is 0 Å². The Morgan fingerprint density at radius 2 is 1.40 bits per heavy atom. The van der Waals surface area contributed by atoms with E-state index in [2.05, 4.69) is 48.8 Å². The standard InChI is InChI=1S/C31H36N8O5S/c1-18(40)36-26(13-21-15-33-17-35-21)30(43)38-25(11-19-7-3-2-4-8-19)29(42)39-27(16-45)31(44)37-24(28(32)41)12-20-14-34-23-10-6-5-9-22(20)23/h2-10,14-15,17,24-27,34,45H,11-13,16H2,1H3,(H2,32,41)(H,33,35)(H,36,40)(H,37,44)(H,38,43)(H,39,42)/t24-,25-,26-,27-/m0/s1. The Balaban J connectivity index is 1.48. The number of rotatable bonds is 15. The average Bonchev–Trinajstić information content (AvgIpc) is 3.69. The number of carbonyl (C=O) groups is 5. The fraction of sp³-hybridized carbons (Fsp3) is 0.290. The quantitative estimate of drug-likeness (QED) is 0.0865. The molecule has 2 aromatic heterocycles. The molecule has 13 nitrogen and oxygen atoms in total. The summed E-state index contributed by atoms with van der Waals surface area (Å²) in [5.41, 5.74) is 8.66. The highest BCUT2D eigenvalue weighted by molar-refractivity contribution is 7.80. The molecule has 8 N–H and O–H groups in total. The number of aromatic nitrogens is 3. The van der Waals surface area contributed by atoms with Crippen LogP contribution < -0.4 is 27.0 Å². The lowest BCUT2D eigenvalue weighted by atomic mass is 10.0. The first-order valence-corrected chi connectivity index (χ1v) is 14.9. The van der Waals surface area contributed by atoms with Gasteiger partial charge in [0.1, 0.15) is 24.2 Å². The molecule has 0 spiro atoms. The van der Waals surface area contributed by atoms with Gasteiger partial charge < -0.3 is 37.0 Å². The maximum Gasteiger partial charge on any atom is 0.244 e. The molecule has 0 saturated heterocycles. The average molecular weight is 633 g/mol. The topological polar surface area (TPSA) is 204 Å². The molecule has 4 atom stereocenters. The molecule has 45 heavy (non-hydrogen) atoms. The number of nitrogens with zero attached hydrogens (tertiary/aromatic N) is 1. The largest absolute Gasteiger partial charge is 0.368 e. The maximum atomic E-state index is 13.6. The first-order valence-electron chi connectivity index (χ1n) is 14.3. The van der Waals surface area contributed by atoms with Crippen LogP contribution in [-0.4, -0.2) is 74.4 Å².